The Morgan fingerprint density at radius 2 is 1.77 bits per heavy atom. The summed E-state index contributed by atoms with van der Waals surface area (Å²) in [5.74, 6) is 1.55. The summed E-state index contributed by atoms with van der Waals surface area (Å²) < 4.78 is 0. The number of hydrogen-bond donors (Lipinski definition) is 0. The fourth-order valence-corrected chi connectivity index (χ4v) is 1.48. The largest absolute Gasteiger partial charge is 0.0917 e. The van der Waals surface area contributed by atoms with Crippen molar-refractivity contribution in [2.24, 2.45) is 11.8 Å². The molecule has 0 aromatic heterocycles. The molecule has 2 atom stereocenters. The van der Waals surface area contributed by atoms with Crippen molar-refractivity contribution in [2.45, 2.75) is 47.0 Å². The number of unbranched alkanes of at least 4 members (excludes halogenated alkanes) is 1. The summed E-state index contributed by atoms with van der Waals surface area (Å²) in [6.45, 7) is 8.84. The highest BCUT2D eigenvalue weighted by molar-refractivity contribution is 4.86. The quantitative estimate of drug-likeness (QED) is 0.414. The van der Waals surface area contributed by atoms with Gasteiger partial charge >= 0.3 is 0 Å². The van der Waals surface area contributed by atoms with Gasteiger partial charge in [0.1, 0.15) is 0 Å². The molecule has 0 saturated carbocycles. The maximum atomic E-state index is 2.35. The minimum atomic E-state index is 0.732. The molecule has 0 heterocycles. The molecule has 0 nitrogen and oxygen atoms in total. The van der Waals surface area contributed by atoms with Crippen LogP contribution in [0.1, 0.15) is 47.0 Å². The zero-order valence-electron chi connectivity index (χ0n) is 9.59. The second-order valence-electron chi connectivity index (χ2n) is 3.86. The highest BCUT2D eigenvalue weighted by Crippen LogP contribution is 2.18. The number of allylic oxidation sites excluding steroid dienone is 4. The van der Waals surface area contributed by atoms with E-state index in [0.717, 1.165) is 11.8 Å². The van der Waals surface area contributed by atoms with Gasteiger partial charge in [0, 0.05) is 0 Å². The first-order valence-electron chi connectivity index (χ1n) is 5.46. The molecule has 0 aromatic carbocycles. The van der Waals surface area contributed by atoms with E-state index in [0.29, 0.717) is 0 Å². The predicted octanol–water partition coefficient (Wildman–Crippen LogP) is 4.58. The van der Waals surface area contributed by atoms with Crippen LogP contribution in [-0.2, 0) is 0 Å². The van der Waals surface area contributed by atoms with Gasteiger partial charge < -0.3 is 0 Å². The normalized spacial score (nSPS) is 16.9. The van der Waals surface area contributed by atoms with Gasteiger partial charge in [0.2, 0.25) is 0 Å². The Kier molecular flexibility index (Phi) is 7.77. The smallest absolute Gasteiger partial charge is 0.0236 e. The average Bonchev–Trinajstić information content (AvgIpc) is 2.12. The van der Waals surface area contributed by atoms with Crippen molar-refractivity contribution >= 4 is 0 Å². The third-order valence-corrected chi connectivity index (χ3v) is 2.66. The molecule has 0 aliphatic carbocycles. The van der Waals surface area contributed by atoms with Crippen LogP contribution in [0.3, 0.4) is 0 Å². The van der Waals surface area contributed by atoms with E-state index >= 15 is 0 Å². The summed E-state index contributed by atoms with van der Waals surface area (Å²) in [5, 5.41) is 0. The SMILES string of the molecule is C/C=C\CCCC(C)C(C)/C=C\C. The Morgan fingerprint density at radius 1 is 1.08 bits per heavy atom. The standard InChI is InChI=1S/C13H24/c1-5-7-8-9-11-13(4)12(3)10-6-2/h5-7,10,12-13H,8-9,11H2,1-4H3/b7-5-,10-6-. The molecule has 0 fully saturated rings. The van der Waals surface area contributed by atoms with Crippen LogP contribution in [0.2, 0.25) is 0 Å². The Labute approximate surface area is 83.7 Å². The van der Waals surface area contributed by atoms with E-state index in [9.17, 15) is 0 Å². The zero-order valence-corrected chi connectivity index (χ0v) is 9.59. The van der Waals surface area contributed by atoms with Crippen LogP contribution < -0.4 is 0 Å². The molecule has 0 spiro atoms. The summed E-state index contributed by atoms with van der Waals surface area (Å²) in [5.41, 5.74) is 0. The highest BCUT2D eigenvalue weighted by atomic mass is 14.1. The number of rotatable bonds is 6. The molecule has 0 saturated heterocycles. The lowest BCUT2D eigenvalue weighted by Crippen LogP contribution is -2.04. The van der Waals surface area contributed by atoms with E-state index in [2.05, 4.69) is 52.0 Å². The molecule has 13 heavy (non-hydrogen) atoms. The van der Waals surface area contributed by atoms with Crippen LogP contribution in [0, 0.1) is 11.8 Å². The van der Waals surface area contributed by atoms with Crippen molar-refractivity contribution < 1.29 is 0 Å². The van der Waals surface area contributed by atoms with Gasteiger partial charge in [-0.25, -0.2) is 0 Å². The lowest BCUT2D eigenvalue weighted by molar-refractivity contribution is 0.417. The van der Waals surface area contributed by atoms with E-state index in [1.165, 1.54) is 19.3 Å². The summed E-state index contributed by atoms with van der Waals surface area (Å²) >= 11 is 0. The van der Waals surface area contributed by atoms with Gasteiger partial charge in [-0.3, -0.25) is 0 Å². The summed E-state index contributed by atoms with van der Waals surface area (Å²) in [6, 6.07) is 0. The molecular formula is C13H24. The minimum absolute atomic E-state index is 0.732. The Hall–Kier alpha value is -0.520. The molecule has 0 aliphatic heterocycles. The van der Waals surface area contributed by atoms with Crippen molar-refractivity contribution in [2.75, 3.05) is 0 Å². The summed E-state index contributed by atoms with van der Waals surface area (Å²) in [7, 11) is 0. The molecule has 0 amide bonds. The second kappa shape index (κ2) is 8.10. The van der Waals surface area contributed by atoms with Crippen molar-refractivity contribution in [1.29, 1.82) is 0 Å². The van der Waals surface area contributed by atoms with Crippen LogP contribution in [-0.4, -0.2) is 0 Å². The van der Waals surface area contributed by atoms with Gasteiger partial charge in [-0.15, -0.1) is 0 Å². The third kappa shape index (κ3) is 6.62. The van der Waals surface area contributed by atoms with Crippen molar-refractivity contribution in [1.82, 2.24) is 0 Å². The van der Waals surface area contributed by atoms with Gasteiger partial charge in [0.15, 0.2) is 0 Å². The van der Waals surface area contributed by atoms with Gasteiger partial charge in [0.05, 0.1) is 0 Å². The second-order valence-corrected chi connectivity index (χ2v) is 3.86. The van der Waals surface area contributed by atoms with Crippen molar-refractivity contribution in [3.05, 3.63) is 24.3 Å². The molecule has 0 radical (unpaired) electrons. The molecule has 0 heteroatoms. The Morgan fingerprint density at radius 3 is 2.31 bits per heavy atom. The van der Waals surface area contributed by atoms with Crippen molar-refractivity contribution in [3.8, 4) is 0 Å². The molecule has 0 rings (SSSR count). The molecule has 0 bridgehead atoms. The van der Waals surface area contributed by atoms with Crippen LogP contribution in [0.5, 0.6) is 0 Å². The van der Waals surface area contributed by atoms with Crippen molar-refractivity contribution in [3.63, 3.8) is 0 Å². The monoisotopic (exact) mass is 180 g/mol. The first-order chi connectivity index (χ1) is 6.22. The van der Waals surface area contributed by atoms with Gasteiger partial charge in [0.25, 0.3) is 0 Å². The van der Waals surface area contributed by atoms with E-state index in [-0.39, 0.29) is 0 Å². The van der Waals surface area contributed by atoms with Gasteiger partial charge in [-0.1, -0.05) is 38.2 Å². The van der Waals surface area contributed by atoms with E-state index in [1.54, 1.807) is 0 Å². The molecule has 0 N–H and O–H groups in total. The predicted molar refractivity (Wildman–Crippen MR) is 61.8 cm³/mol. The van der Waals surface area contributed by atoms with E-state index in [1.807, 2.05) is 0 Å². The van der Waals surface area contributed by atoms with Gasteiger partial charge in [-0.05, 0) is 44.9 Å². The van der Waals surface area contributed by atoms with E-state index < -0.39 is 0 Å². The van der Waals surface area contributed by atoms with Crippen LogP contribution in [0.15, 0.2) is 24.3 Å². The zero-order chi connectivity index (χ0) is 10.1. The summed E-state index contributed by atoms with van der Waals surface area (Å²) in [4.78, 5) is 0. The maximum absolute atomic E-state index is 2.35. The third-order valence-electron chi connectivity index (χ3n) is 2.66. The maximum Gasteiger partial charge on any atom is -0.0236 e. The molecule has 0 aliphatic rings. The lowest BCUT2D eigenvalue weighted by atomic mass is 9.91. The van der Waals surface area contributed by atoms with Crippen LogP contribution in [0.4, 0.5) is 0 Å². The highest BCUT2D eigenvalue weighted by Gasteiger charge is 2.07. The first kappa shape index (κ1) is 12.5. The number of hydrogen-bond acceptors (Lipinski definition) is 0. The Bertz CT molecular complexity index is 153. The minimum Gasteiger partial charge on any atom is -0.0917 e. The molecular weight excluding hydrogens is 156 g/mol. The molecule has 76 valence electrons. The fraction of sp³-hybridized carbons (Fsp3) is 0.692. The van der Waals surface area contributed by atoms with Gasteiger partial charge in [-0.2, -0.15) is 0 Å². The Balaban J connectivity index is 3.54. The summed E-state index contributed by atoms with van der Waals surface area (Å²) in [6.07, 6.45) is 12.8. The first-order valence-corrected chi connectivity index (χ1v) is 5.46. The lowest BCUT2D eigenvalue weighted by Gasteiger charge is -2.15. The van der Waals surface area contributed by atoms with Crippen LogP contribution in [0.25, 0.3) is 0 Å². The topological polar surface area (TPSA) is 0 Å². The molecule has 0 aromatic rings. The fourth-order valence-electron chi connectivity index (χ4n) is 1.48. The molecule has 2 unspecified atom stereocenters. The van der Waals surface area contributed by atoms with E-state index in [4.69, 9.17) is 0 Å². The van der Waals surface area contributed by atoms with Crippen LogP contribution >= 0.6 is 0 Å². The average molecular weight is 180 g/mol.